The Morgan fingerprint density at radius 3 is 2.61 bits per heavy atom. The van der Waals surface area contributed by atoms with Crippen molar-refractivity contribution in [3.63, 3.8) is 0 Å². The molecule has 2 atom stereocenters. The summed E-state index contributed by atoms with van der Waals surface area (Å²) in [5, 5.41) is 8.96. The number of methoxy groups -OCH3 is 1. The minimum absolute atomic E-state index is 0.592. The van der Waals surface area contributed by atoms with E-state index in [2.05, 4.69) is 59.9 Å². The molecule has 0 N–H and O–H groups in total. The number of nitrogens with zero attached hydrogens (tertiary/aromatic N) is 4. The van der Waals surface area contributed by atoms with Crippen LogP contribution in [0.4, 0.5) is 0 Å². The fourth-order valence-corrected chi connectivity index (χ4v) is 5.50. The SMILES string of the molecule is COC1=C(N2CCC(N(CC(C)C)CC(C)C3CC3)C2)C=NC/C1=C\C=C/Cc1ccc(C#N)cc1. The molecular weight excluding hydrogens is 444 g/mol. The van der Waals surface area contributed by atoms with E-state index in [1.54, 1.807) is 7.11 Å². The highest BCUT2D eigenvalue weighted by molar-refractivity contribution is 5.81. The quantitative estimate of drug-likeness (QED) is 0.408. The van der Waals surface area contributed by atoms with Gasteiger partial charge in [0.15, 0.2) is 0 Å². The predicted molar refractivity (Wildman–Crippen MR) is 148 cm³/mol. The van der Waals surface area contributed by atoms with Gasteiger partial charge in [-0.1, -0.05) is 51.1 Å². The molecule has 2 fully saturated rings. The molecule has 4 rings (SSSR count). The van der Waals surface area contributed by atoms with Crippen molar-refractivity contribution in [2.24, 2.45) is 22.7 Å². The van der Waals surface area contributed by atoms with Gasteiger partial charge in [0.05, 0.1) is 31.0 Å². The van der Waals surface area contributed by atoms with Crippen molar-refractivity contribution < 1.29 is 4.74 Å². The monoisotopic (exact) mass is 486 g/mol. The number of ether oxygens (including phenoxy) is 1. The predicted octanol–water partition coefficient (Wildman–Crippen LogP) is 5.60. The second-order valence-corrected chi connectivity index (χ2v) is 11.1. The van der Waals surface area contributed by atoms with Crippen molar-refractivity contribution in [1.29, 1.82) is 5.26 Å². The van der Waals surface area contributed by atoms with Crippen LogP contribution in [0, 0.1) is 29.1 Å². The Morgan fingerprint density at radius 1 is 1.17 bits per heavy atom. The first-order chi connectivity index (χ1) is 17.5. The van der Waals surface area contributed by atoms with Crippen LogP contribution in [0.3, 0.4) is 0 Å². The summed E-state index contributed by atoms with van der Waals surface area (Å²) < 4.78 is 5.93. The molecule has 1 aromatic carbocycles. The zero-order chi connectivity index (χ0) is 25.5. The second kappa shape index (κ2) is 12.4. The van der Waals surface area contributed by atoms with Crippen LogP contribution in [0.5, 0.6) is 0 Å². The number of aliphatic imine (C=N–C) groups is 1. The molecule has 2 aliphatic heterocycles. The van der Waals surface area contributed by atoms with E-state index in [0.717, 1.165) is 48.4 Å². The first-order valence-electron chi connectivity index (χ1n) is 13.6. The molecule has 2 heterocycles. The molecule has 5 heteroatoms. The van der Waals surface area contributed by atoms with Gasteiger partial charge in [-0.25, -0.2) is 0 Å². The molecule has 0 aromatic heterocycles. The molecule has 3 aliphatic rings. The zero-order valence-electron chi connectivity index (χ0n) is 22.5. The number of nitriles is 1. The number of benzene rings is 1. The molecule has 2 unspecified atom stereocenters. The highest BCUT2D eigenvalue weighted by Gasteiger charge is 2.35. The van der Waals surface area contributed by atoms with Crippen molar-refractivity contribution in [2.75, 3.05) is 39.8 Å². The van der Waals surface area contributed by atoms with Gasteiger partial charge in [-0.3, -0.25) is 9.89 Å². The lowest BCUT2D eigenvalue weighted by molar-refractivity contribution is 0.149. The standard InChI is InChI=1S/C31H42N4O/c1-23(2)20-35(21-24(3)27-13-14-27)29-15-16-34(22-29)30-19-33-18-28(31(30)36-4)8-6-5-7-25-9-11-26(17-32)12-10-25/h5-6,8-12,19,23-24,27,29H,7,13-16,18,20-22H2,1-4H3/b6-5-,28-8+. The molecule has 0 radical (unpaired) electrons. The average molecular weight is 487 g/mol. The van der Waals surface area contributed by atoms with Crippen LogP contribution in [0.2, 0.25) is 0 Å². The third kappa shape index (κ3) is 6.89. The van der Waals surface area contributed by atoms with Crippen molar-refractivity contribution in [3.05, 3.63) is 70.6 Å². The van der Waals surface area contributed by atoms with Gasteiger partial charge in [-0.05, 0) is 61.1 Å². The van der Waals surface area contributed by atoms with E-state index in [4.69, 9.17) is 10.00 Å². The zero-order valence-corrected chi connectivity index (χ0v) is 22.5. The van der Waals surface area contributed by atoms with Crippen LogP contribution < -0.4 is 0 Å². The van der Waals surface area contributed by atoms with Gasteiger partial charge in [-0.15, -0.1) is 0 Å². The second-order valence-electron chi connectivity index (χ2n) is 11.1. The lowest BCUT2D eigenvalue weighted by Gasteiger charge is -2.33. The maximum atomic E-state index is 8.96. The normalized spacial score (nSPS) is 22.3. The molecule has 1 aromatic rings. The lowest BCUT2D eigenvalue weighted by Crippen LogP contribution is -2.42. The van der Waals surface area contributed by atoms with E-state index in [1.807, 2.05) is 30.5 Å². The summed E-state index contributed by atoms with van der Waals surface area (Å²) >= 11 is 0. The maximum absolute atomic E-state index is 8.96. The topological polar surface area (TPSA) is 51.9 Å². The Bertz CT molecular complexity index is 1040. The maximum Gasteiger partial charge on any atom is 0.148 e. The number of likely N-dealkylation sites (tertiary alicyclic amines) is 1. The fourth-order valence-electron chi connectivity index (χ4n) is 5.50. The summed E-state index contributed by atoms with van der Waals surface area (Å²) in [7, 11) is 1.78. The van der Waals surface area contributed by atoms with E-state index in [-0.39, 0.29) is 0 Å². The number of dihydropyridines is 1. The molecule has 5 nitrogen and oxygen atoms in total. The van der Waals surface area contributed by atoms with Crippen LogP contribution in [0.15, 0.2) is 64.5 Å². The molecular formula is C31H42N4O. The van der Waals surface area contributed by atoms with Gasteiger partial charge in [0.1, 0.15) is 5.76 Å². The van der Waals surface area contributed by atoms with E-state index >= 15 is 0 Å². The molecule has 1 saturated carbocycles. The Morgan fingerprint density at radius 2 is 1.94 bits per heavy atom. The Labute approximate surface area is 217 Å². The number of hydrogen-bond donors (Lipinski definition) is 0. The van der Waals surface area contributed by atoms with Crippen LogP contribution in [-0.4, -0.2) is 61.9 Å². The van der Waals surface area contributed by atoms with Crippen molar-refractivity contribution in [2.45, 2.75) is 52.5 Å². The van der Waals surface area contributed by atoms with Crippen LogP contribution >= 0.6 is 0 Å². The highest BCUT2D eigenvalue weighted by Crippen LogP contribution is 2.37. The Kier molecular flexibility index (Phi) is 9.04. The average Bonchev–Trinajstić information content (AvgIpc) is 3.63. The third-order valence-electron chi connectivity index (χ3n) is 7.64. The molecule has 36 heavy (non-hydrogen) atoms. The van der Waals surface area contributed by atoms with Crippen molar-refractivity contribution in [3.8, 4) is 6.07 Å². The van der Waals surface area contributed by atoms with Crippen LogP contribution in [-0.2, 0) is 11.2 Å². The molecule has 0 amide bonds. The largest absolute Gasteiger partial charge is 0.494 e. The number of allylic oxidation sites excluding steroid dienone is 4. The minimum Gasteiger partial charge on any atom is -0.494 e. The first-order valence-corrected chi connectivity index (χ1v) is 13.6. The van der Waals surface area contributed by atoms with Crippen molar-refractivity contribution in [1.82, 2.24) is 9.80 Å². The number of hydrogen-bond acceptors (Lipinski definition) is 5. The van der Waals surface area contributed by atoms with E-state index < -0.39 is 0 Å². The molecule has 0 bridgehead atoms. The van der Waals surface area contributed by atoms with Gasteiger partial charge >= 0.3 is 0 Å². The summed E-state index contributed by atoms with van der Waals surface area (Å²) in [5.41, 5.74) is 4.13. The summed E-state index contributed by atoms with van der Waals surface area (Å²) in [5.74, 6) is 3.38. The van der Waals surface area contributed by atoms with Gasteiger partial charge in [-0.2, -0.15) is 5.26 Å². The summed E-state index contributed by atoms with van der Waals surface area (Å²) in [6, 6.07) is 10.5. The molecule has 1 saturated heterocycles. The molecule has 0 spiro atoms. The highest BCUT2D eigenvalue weighted by atomic mass is 16.5. The van der Waals surface area contributed by atoms with E-state index in [1.165, 1.54) is 37.9 Å². The van der Waals surface area contributed by atoms with Crippen LogP contribution in [0.1, 0.15) is 51.2 Å². The van der Waals surface area contributed by atoms with Gasteiger partial charge in [0, 0.05) is 44.0 Å². The van der Waals surface area contributed by atoms with E-state index in [9.17, 15) is 0 Å². The molecule has 192 valence electrons. The summed E-state index contributed by atoms with van der Waals surface area (Å²) in [4.78, 5) is 9.93. The number of rotatable bonds is 11. The van der Waals surface area contributed by atoms with Crippen LogP contribution in [0.25, 0.3) is 0 Å². The van der Waals surface area contributed by atoms with E-state index in [0.29, 0.717) is 24.1 Å². The summed E-state index contributed by atoms with van der Waals surface area (Å²) in [6.07, 6.45) is 13.3. The van der Waals surface area contributed by atoms with Gasteiger partial charge in [0.25, 0.3) is 0 Å². The smallest absolute Gasteiger partial charge is 0.148 e. The third-order valence-corrected chi connectivity index (χ3v) is 7.64. The fraction of sp³-hybridized carbons (Fsp3) is 0.548. The Hall–Kier alpha value is -2.84. The molecule has 1 aliphatic carbocycles. The van der Waals surface area contributed by atoms with Crippen molar-refractivity contribution >= 4 is 6.21 Å². The lowest BCUT2D eigenvalue weighted by atomic mass is 10.0. The first kappa shape index (κ1) is 26.2. The van der Waals surface area contributed by atoms with Gasteiger partial charge in [0.2, 0.25) is 0 Å². The summed E-state index contributed by atoms with van der Waals surface area (Å²) in [6.45, 7) is 12.3. The minimum atomic E-state index is 0.592. The Balaban J connectivity index is 1.41. The van der Waals surface area contributed by atoms with Gasteiger partial charge < -0.3 is 9.64 Å².